The smallest absolute Gasteiger partial charge is 0.0911 e. The van der Waals surface area contributed by atoms with E-state index in [9.17, 15) is 5.11 Å². The molecule has 0 bridgehead atoms. The molecular formula is C12H20N2O2. The van der Waals surface area contributed by atoms with Crippen molar-refractivity contribution in [3.63, 3.8) is 0 Å². The van der Waals surface area contributed by atoms with Gasteiger partial charge in [-0.1, -0.05) is 30.3 Å². The average Bonchev–Trinajstić information content (AvgIpc) is 2.28. The third-order valence-corrected chi connectivity index (χ3v) is 2.06. The molecule has 0 aromatic heterocycles. The van der Waals surface area contributed by atoms with Crippen LogP contribution < -0.4 is 5.43 Å². The molecule has 1 atom stereocenters. The fraction of sp³-hybridized carbons (Fsp3) is 0.500. The lowest BCUT2D eigenvalue weighted by atomic mass is 10.2. The van der Waals surface area contributed by atoms with E-state index in [2.05, 4.69) is 5.43 Å². The monoisotopic (exact) mass is 224 g/mol. The highest BCUT2D eigenvalue weighted by Gasteiger charge is 2.04. The Morgan fingerprint density at radius 3 is 2.62 bits per heavy atom. The summed E-state index contributed by atoms with van der Waals surface area (Å²) in [4.78, 5) is 0. The molecule has 1 aromatic rings. The Morgan fingerprint density at radius 1 is 1.31 bits per heavy atom. The number of hydrazine groups is 1. The van der Waals surface area contributed by atoms with E-state index in [1.165, 1.54) is 0 Å². The summed E-state index contributed by atoms with van der Waals surface area (Å²) in [7, 11) is 3.77. The fourth-order valence-corrected chi connectivity index (χ4v) is 1.23. The predicted octanol–water partition coefficient (Wildman–Crippen LogP) is 0.630. The first-order chi connectivity index (χ1) is 7.68. The fourth-order valence-electron chi connectivity index (χ4n) is 1.23. The number of benzene rings is 1. The number of aliphatic hydroxyl groups excluding tert-OH is 1. The lowest BCUT2D eigenvalue weighted by Gasteiger charge is -2.16. The standard InChI is InChI=1S/C12H20N2O2/c1-14(2)13-8-12(15)10-16-9-11-6-4-3-5-7-11/h3-7,12-13,15H,8-10H2,1-2H3. The molecule has 1 aromatic carbocycles. The van der Waals surface area contributed by atoms with Crippen molar-refractivity contribution < 1.29 is 9.84 Å². The molecule has 0 aliphatic heterocycles. The molecule has 16 heavy (non-hydrogen) atoms. The van der Waals surface area contributed by atoms with E-state index in [-0.39, 0.29) is 0 Å². The van der Waals surface area contributed by atoms with Gasteiger partial charge in [-0.15, -0.1) is 0 Å². The number of hydrogen-bond donors (Lipinski definition) is 2. The number of aliphatic hydroxyl groups is 1. The minimum Gasteiger partial charge on any atom is -0.389 e. The first-order valence-electron chi connectivity index (χ1n) is 5.39. The van der Waals surface area contributed by atoms with E-state index >= 15 is 0 Å². The van der Waals surface area contributed by atoms with Crippen LogP contribution in [0.5, 0.6) is 0 Å². The van der Waals surface area contributed by atoms with Gasteiger partial charge >= 0.3 is 0 Å². The SMILES string of the molecule is CN(C)NCC(O)COCc1ccccc1. The van der Waals surface area contributed by atoms with E-state index in [0.29, 0.717) is 19.8 Å². The second-order valence-electron chi connectivity index (χ2n) is 3.91. The Hall–Kier alpha value is -0.940. The second kappa shape index (κ2) is 7.35. The molecule has 0 spiro atoms. The van der Waals surface area contributed by atoms with Crippen LogP contribution in [0.15, 0.2) is 30.3 Å². The summed E-state index contributed by atoms with van der Waals surface area (Å²) in [6.45, 7) is 1.39. The number of nitrogens with one attached hydrogen (secondary N) is 1. The molecule has 2 N–H and O–H groups in total. The van der Waals surface area contributed by atoms with Crippen LogP contribution in [0.1, 0.15) is 5.56 Å². The Kier molecular flexibility index (Phi) is 6.03. The maximum Gasteiger partial charge on any atom is 0.0911 e. The van der Waals surface area contributed by atoms with Gasteiger partial charge in [-0.05, 0) is 5.56 Å². The van der Waals surface area contributed by atoms with E-state index in [4.69, 9.17) is 4.74 Å². The van der Waals surface area contributed by atoms with Crippen LogP contribution in [-0.2, 0) is 11.3 Å². The molecule has 0 radical (unpaired) electrons. The van der Waals surface area contributed by atoms with Crippen LogP contribution in [0, 0.1) is 0 Å². The molecule has 0 fully saturated rings. The molecule has 0 heterocycles. The molecule has 1 unspecified atom stereocenters. The lowest BCUT2D eigenvalue weighted by molar-refractivity contribution is 0.0212. The second-order valence-corrected chi connectivity index (χ2v) is 3.91. The first kappa shape index (κ1) is 13.1. The Bertz CT molecular complexity index is 278. The third kappa shape index (κ3) is 5.82. The zero-order chi connectivity index (χ0) is 11.8. The van der Waals surface area contributed by atoms with Crippen LogP contribution in [0.2, 0.25) is 0 Å². The van der Waals surface area contributed by atoms with Crippen LogP contribution in [0.25, 0.3) is 0 Å². The summed E-state index contributed by atoms with van der Waals surface area (Å²) in [6, 6.07) is 9.93. The van der Waals surface area contributed by atoms with Crippen molar-refractivity contribution in [1.29, 1.82) is 0 Å². The summed E-state index contributed by atoms with van der Waals surface area (Å²) in [6.07, 6.45) is -0.480. The largest absolute Gasteiger partial charge is 0.389 e. The Labute approximate surface area is 96.8 Å². The number of nitrogens with zero attached hydrogens (tertiary/aromatic N) is 1. The Balaban J connectivity index is 2.11. The summed E-state index contributed by atoms with van der Waals surface area (Å²) >= 11 is 0. The van der Waals surface area contributed by atoms with Crippen molar-refractivity contribution in [3.05, 3.63) is 35.9 Å². The first-order valence-corrected chi connectivity index (χ1v) is 5.39. The van der Waals surface area contributed by atoms with Crippen LogP contribution in [0.3, 0.4) is 0 Å². The van der Waals surface area contributed by atoms with Gasteiger partial charge in [0.1, 0.15) is 0 Å². The predicted molar refractivity (Wildman–Crippen MR) is 63.8 cm³/mol. The number of ether oxygens (including phenoxy) is 1. The van der Waals surface area contributed by atoms with Crippen molar-refractivity contribution in [2.45, 2.75) is 12.7 Å². The van der Waals surface area contributed by atoms with Gasteiger partial charge < -0.3 is 9.84 Å². The topological polar surface area (TPSA) is 44.7 Å². The van der Waals surface area contributed by atoms with E-state index in [1.807, 2.05) is 44.4 Å². The van der Waals surface area contributed by atoms with Crippen molar-refractivity contribution in [1.82, 2.24) is 10.4 Å². The highest BCUT2D eigenvalue weighted by Crippen LogP contribution is 2.00. The molecule has 0 aliphatic carbocycles. The molecule has 0 amide bonds. The Morgan fingerprint density at radius 2 is 2.00 bits per heavy atom. The van der Waals surface area contributed by atoms with Gasteiger partial charge in [-0.25, -0.2) is 0 Å². The highest BCUT2D eigenvalue weighted by molar-refractivity contribution is 5.13. The van der Waals surface area contributed by atoms with Crippen molar-refractivity contribution >= 4 is 0 Å². The summed E-state index contributed by atoms with van der Waals surface area (Å²) < 4.78 is 5.41. The summed E-state index contributed by atoms with van der Waals surface area (Å²) in [5.74, 6) is 0. The molecule has 0 saturated carbocycles. The van der Waals surface area contributed by atoms with Gasteiger partial charge in [0, 0.05) is 20.6 Å². The number of rotatable bonds is 7. The van der Waals surface area contributed by atoms with E-state index < -0.39 is 6.10 Å². The third-order valence-electron chi connectivity index (χ3n) is 2.06. The zero-order valence-electron chi connectivity index (χ0n) is 9.89. The molecule has 4 nitrogen and oxygen atoms in total. The number of hydrogen-bond acceptors (Lipinski definition) is 4. The van der Waals surface area contributed by atoms with Crippen molar-refractivity contribution in [2.75, 3.05) is 27.2 Å². The van der Waals surface area contributed by atoms with Crippen LogP contribution in [-0.4, -0.2) is 43.5 Å². The molecule has 4 heteroatoms. The molecule has 90 valence electrons. The minimum atomic E-state index is -0.480. The van der Waals surface area contributed by atoms with Crippen LogP contribution in [0.4, 0.5) is 0 Å². The maximum atomic E-state index is 9.56. The van der Waals surface area contributed by atoms with Gasteiger partial charge in [-0.3, -0.25) is 10.4 Å². The quantitative estimate of drug-likeness (QED) is 0.667. The minimum absolute atomic E-state index is 0.343. The van der Waals surface area contributed by atoms with Crippen LogP contribution >= 0.6 is 0 Å². The van der Waals surface area contributed by atoms with Gasteiger partial charge in [0.25, 0.3) is 0 Å². The lowest BCUT2D eigenvalue weighted by Crippen LogP contribution is -2.38. The van der Waals surface area contributed by atoms with Gasteiger partial charge in [0.2, 0.25) is 0 Å². The molecular weight excluding hydrogens is 204 g/mol. The molecule has 1 rings (SSSR count). The molecule has 0 aliphatic rings. The van der Waals surface area contributed by atoms with Crippen molar-refractivity contribution in [2.24, 2.45) is 0 Å². The summed E-state index contributed by atoms with van der Waals surface area (Å²) in [5.41, 5.74) is 4.12. The van der Waals surface area contributed by atoms with Gasteiger partial charge in [0.05, 0.1) is 19.3 Å². The maximum absolute atomic E-state index is 9.56. The zero-order valence-corrected chi connectivity index (χ0v) is 9.89. The normalized spacial score (nSPS) is 13.0. The molecule has 0 saturated heterocycles. The van der Waals surface area contributed by atoms with E-state index in [1.54, 1.807) is 5.01 Å². The van der Waals surface area contributed by atoms with Gasteiger partial charge in [-0.2, -0.15) is 0 Å². The van der Waals surface area contributed by atoms with E-state index in [0.717, 1.165) is 5.56 Å². The summed E-state index contributed by atoms with van der Waals surface area (Å²) in [5, 5.41) is 11.4. The average molecular weight is 224 g/mol. The van der Waals surface area contributed by atoms with Crippen molar-refractivity contribution in [3.8, 4) is 0 Å². The van der Waals surface area contributed by atoms with Gasteiger partial charge in [0.15, 0.2) is 0 Å². The highest BCUT2D eigenvalue weighted by atomic mass is 16.5.